The molecule has 5 N–H and O–H groups in total. The molecule has 0 aliphatic rings. The van der Waals surface area contributed by atoms with Crippen molar-refractivity contribution in [1.29, 1.82) is 0 Å². The zero-order valence-corrected chi connectivity index (χ0v) is 17.0. The minimum absolute atomic E-state index is 0. The average molecular weight is 577 g/mol. The number of rotatable bonds is 2. The second-order valence-electron chi connectivity index (χ2n) is 5.74. The molecule has 0 atom stereocenters. The van der Waals surface area contributed by atoms with Gasteiger partial charge >= 0.3 is 12.4 Å². The van der Waals surface area contributed by atoms with Crippen molar-refractivity contribution in [3.8, 4) is 5.75 Å². The molecule has 0 spiro atoms. The number of alkyl halides is 6. The van der Waals surface area contributed by atoms with E-state index in [1.807, 2.05) is 0 Å². The Balaban J connectivity index is 0.00000280. The van der Waals surface area contributed by atoms with Crippen LogP contribution < -0.4 is 5.56 Å². The van der Waals surface area contributed by atoms with E-state index in [9.17, 15) is 41.0 Å². The molecule has 3 rings (SSSR count). The Labute approximate surface area is 204 Å². The second-order valence-corrected chi connectivity index (χ2v) is 5.74. The minimum Gasteiger partial charge on any atom is -0.506 e. The van der Waals surface area contributed by atoms with Gasteiger partial charge in [-0.3, -0.25) is 14.2 Å². The number of ketones is 1. The van der Waals surface area contributed by atoms with E-state index in [1.54, 1.807) is 6.07 Å². The summed E-state index contributed by atoms with van der Waals surface area (Å²) in [5.74, 6) is -4.02. The van der Waals surface area contributed by atoms with Gasteiger partial charge < -0.3 is 16.1 Å². The zero-order valence-electron chi connectivity index (χ0n) is 14.5. The van der Waals surface area contributed by atoms with Gasteiger partial charge in [0.1, 0.15) is 17.9 Å². The first-order chi connectivity index (χ1) is 12.4. The van der Waals surface area contributed by atoms with Gasteiger partial charge in [0.15, 0.2) is 0 Å². The van der Waals surface area contributed by atoms with Crippen LogP contribution in [0.3, 0.4) is 0 Å². The monoisotopic (exact) mass is 578 g/mol. The average Bonchev–Trinajstić information content (AvgIpc) is 2.56. The molecule has 6 nitrogen and oxygen atoms in total. The maximum Gasteiger partial charge on any atom is 0.455 e. The molecular weight excluding hydrogens is 564 g/mol. The fourth-order valence-electron chi connectivity index (χ4n) is 2.89. The van der Waals surface area contributed by atoms with Gasteiger partial charge in [-0.25, -0.2) is 0 Å². The third-order valence-corrected chi connectivity index (χ3v) is 3.94. The molecule has 0 saturated heterocycles. The molecule has 2 aromatic carbocycles. The van der Waals surface area contributed by atoms with Crippen molar-refractivity contribution in [2.75, 3.05) is 0 Å². The van der Waals surface area contributed by atoms with Crippen molar-refractivity contribution in [3.05, 3.63) is 52.3 Å². The number of carbonyl (C=O) groups is 1. The SMILES string of the molecule is O.O.O=C(c1c(O)c2ccc3ccccc3c2n(CC(F)(F)F)c1=O)C(F)(F)F.[Eu]. The van der Waals surface area contributed by atoms with Gasteiger partial charge in [0.25, 0.3) is 11.3 Å². The first kappa shape index (κ1) is 28.5. The summed E-state index contributed by atoms with van der Waals surface area (Å²) in [5.41, 5.74) is -4.02. The van der Waals surface area contributed by atoms with E-state index in [0.29, 0.717) is 5.39 Å². The van der Waals surface area contributed by atoms with Crippen LogP contribution in [0.15, 0.2) is 41.2 Å². The molecule has 3 aromatic rings. The van der Waals surface area contributed by atoms with E-state index >= 15 is 0 Å². The van der Waals surface area contributed by atoms with Crippen LogP contribution in [0.4, 0.5) is 26.3 Å². The number of Topliss-reactive ketones (excluding diaryl/α,β-unsaturated/α-hetero) is 1. The van der Waals surface area contributed by atoms with Crippen molar-refractivity contribution in [3.63, 3.8) is 0 Å². The smallest absolute Gasteiger partial charge is 0.455 e. The largest absolute Gasteiger partial charge is 0.506 e. The molecule has 0 aliphatic carbocycles. The van der Waals surface area contributed by atoms with Gasteiger partial charge in [-0.1, -0.05) is 30.3 Å². The Kier molecular flexibility index (Phi) is 9.23. The van der Waals surface area contributed by atoms with Gasteiger partial charge in [0, 0.05) is 60.1 Å². The van der Waals surface area contributed by atoms with E-state index in [1.165, 1.54) is 24.3 Å². The molecule has 1 aromatic heterocycles. The standard InChI is InChI=1S/C17H9F6NO3.Eu.2H2O/c18-16(19,20)7-24-12-9-4-2-1-3-8(9)5-6-10(12)13(25)11(15(24)27)14(26)17(21,22)23;;;/h1-6,25H,7H2;;2*1H2. The number of aromatic hydroxyl groups is 1. The normalized spacial score (nSPS) is 11.4. The fraction of sp³-hybridized carbons (Fsp3) is 0.176. The van der Waals surface area contributed by atoms with Crippen molar-refractivity contribution in [2.24, 2.45) is 0 Å². The number of fused-ring (bicyclic) bond motifs is 3. The van der Waals surface area contributed by atoms with Crippen molar-refractivity contribution >= 4 is 27.5 Å². The molecule has 165 valence electrons. The predicted molar refractivity (Wildman–Crippen MR) is 91.0 cm³/mol. The molecule has 1 heterocycles. The molecule has 0 saturated carbocycles. The van der Waals surface area contributed by atoms with Crippen molar-refractivity contribution in [1.82, 2.24) is 4.57 Å². The van der Waals surface area contributed by atoms with Crippen LogP contribution in [-0.4, -0.2) is 38.8 Å². The van der Waals surface area contributed by atoms with E-state index in [4.69, 9.17) is 0 Å². The Hall–Kier alpha value is -1.54. The predicted octanol–water partition coefficient (Wildman–Crippen LogP) is 2.52. The van der Waals surface area contributed by atoms with Gasteiger partial charge in [-0.05, 0) is 11.5 Å². The van der Waals surface area contributed by atoms with E-state index in [2.05, 4.69) is 0 Å². The van der Waals surface area contributed by atoms with Gasteiger partial charge in [-0.15, -0.1) is 0 Å². The Bertz CT molecular complexity index is 1140. The molecule has 30 heavy (non-hydrogen) atoms. The van der Waals surface area contributed by atoms with E-state index in [0.717, 1.165) is 6.07 Å². The summed E-state index contributed by atoms with van der Waals surface area (Å²) in [6, 6.07) is 8.31. The van der Waals surface area contributed by atoms with Crippen molar-refractivity contribution in [2.45, 2.75) is 18.9 Å². The minimum atomic E-state index is -5.54. The van der Waals surface area contributed by atoms with Crippen LogP contribution in [0, 0.1) is 49.4 Å². The number of pyridine rings is 1. The third kappa shape index (κ3) is 5.20. The quantitative estimate of drug-likeness (QED) is 0.286. The van der Waals surface area contributed by atoms with Crippen LogP contribution in [0.25, 0.3) is 21.7 Å². The first-order valence-corrected chi connectivity index (χ1v) is 7.37. The number of nitrogens with zero attached hydrogens (tertiary/aromatic N) is 1. The van der Waals surface area contributed by atoms with E-state index < -0.39 is 52.5 Å². The first-order valence-electron chi connectivity index (χ1n) is 7.37. The van der Waals surface area contributed by atoms with Crippen molar-refractivity contribution < 1.29 is 96.6 Å². The van der Waals surface area contributed by atoms with Gasteiger partial charge in [-0.2, -0.15) is 26.3 Å². The number of hydrogen-bond donors (Lipinski definition) is 1. The Morgan fingerprint density at radius 1 is 0.933 bits per heavy atom. The number of benzene rings is 2. The summed E-state index contributed by atoms with van der Waals surface area (Å²) in [6.07, 6.45) is -10.5. The summed E-state index contributed by atoms with van der Waals surface area (Å²) < 4.78 is 77.4. The summed E-state index contributed by atoms with van der Waals surface area (Å²) in [5, 5.41) is 10.2. The molecule has 0 unspecified atom stereocenters. The van der Waals surface area contributed by atoms with Gasteiger partial charge in [0.05, 0.1) is 5.52 Å². The molecule has 13 heteroatoms. The summed E-state index contributed by atoms with van der Waals surface area (Å²) in [6.45, 7) is -1.92. The number of aromatic nitrogens is 1. The molecule has 0 bridgehead atoms. The number of hydrogen-bond acceptors (Lipinski definition) is 3. The zero-order chi connectivity index (χ0) is 20.1. The molecule has 0 amide bonds. The summed E-state index contributed by atoms with van der Waals surface area (Å²) >= 11 is 0. The maximum atomic E-state index is 13.0. The molecular formula is C17H13EuF6NO5. The maximum absolute atomic E-state index is 13.0. The fourth-order valence-corrected chi connectivity index (χ4v) is 2.89. The Morgan fingerprint density at radius 2 is 1.50 bits per heavy atom. The second kappa shape index (κ2) is 9.73. The number of carbonyl (C=O) groups excluding carboxylic acids is 1. The molecule has 1 radical (unpaired) electrons. The van der Waals surface area contributed by atoms with Crippen LogP contribution in [-0.2, 0) is 6.54 Å². The third-order valence-electron chi connectivity index (χ3n) is 3.94. The van der Waals surface area contributed by atoms with E-state index in [-0.39, 0.29) is 70.3 Å². The van der Waals surface area contributed by atoms with Crippen LogP contribution in [0.2, 0.25) is 0 Å². The van der Waals surface area contributed by atoms with Gasteiger partial charge in [0.2, 0.25) is 0 Å². The summed E-state index contributed by atoms with van der Waals surface area (Å²) in [4.78, 5) is 23.9. The topological polar surface area (TPSA) is 122 Å². The molecule has 0 fully saturated rings. The number of halogens is 6. The Morgan fingerprint density at radius 3 is 2.03 bits per heavy atom. The molecule has 0 aliphatic heterocycles. The van der Waals surface area contributed by atoms with Crippen LogP contribution in [0.1, 0.15) is 10.4 Å². The van der Waals surface area contributed by atoms with Crippen LogP contribution >= 0.6 is 0 Å². The summed E-state index contributed by atoms with van der Waals surface area (Å²) in [7, 11) is 0. The van der Waals surface area contributed by atoms with Crippen LogP contribution in [0.5, 0.6) is 5.75 Å².